The van der Waals surface area contributed by atoms with Gasteiger partial charge in [0.25, 0.3) is 17.1 Å². The maximum atomic E-state index is 13.0. The summed E-state index contributed by atoms with van der Waals surface area (Å²) in [5.41, 5.74) is 2.11. The zero-order valence-corrected chi connectivity index (χ0v) is 23.4. The summed E-state index contributed by atoms with van der Waals surface area (Å²) in [6.45, 7) is 2.16. The quantitative estimate of drug-likeness (QED) is 0.208. The highest BCUT2D eigenvalue weighted by molar-refractivity contribution is 14.1. The minimum absolute atomic E-state index is 0.141. The third kappa shape index (κ3) is 7.06. The van der Waals surface area contributed by atoms with Crippen LogP contribution in [0.2, 0.25) is 5.02 Å². The summed E-state index contributed by atoms with van der Waals surface area (Å²) in [6, 6.07) is 19.7. The van der Waals surface area contributed by atoms with Gasteiger partial charge in [-0.05, 0) is 94.9 Å². The fourth-order valence-corrected chi connectivity index (χ4v) is 5.37. The largest absolute Gasteiger partial charge is 0.490 e. The predicted octanol–water partition coefficient (Wildman–Crippen LogP) is 6.60. The molecule has 0 aromatic heterocycles. The number of imide groups is 1. The van der Waals surface area contributed by atoms with E-state index in [2.05, 4.69) is 27.9 Å². The minimum atomic E-state index is -0.374. The van der Waals surface area contributed by atoms with E-state index in [4.69, 9.17) is 21.1 Å². The van der Waals surface area contributed by atoms with Crippen molar-refractivity contribution in [1.82, 2.24) is 4.90 Å². The van der Waals surface area contributed by atoms with Crippen molar-refractivity contribution in [3.63, 3.8) is 0 Å². The van der Waals surface area contributed by atoms with Crippen molar-refractivity contribution < 1.29 is 23.9 Å². The van der Waals surface area contributed by atoms with E-state index in [0.717, 1.165) is 17.3 Å². The number of nitrogens with zero attached hydrogens (tertiary/aromatic N) is 1. The Morgan fingerprint density at radius 1 is 1.08 bits per heavy atom. The molecule has 190 valence electrons. The molecule has 3 aromatic carbocycles. The van der Waals surface area contributed by atoms with Gasteiger partial charge in [0.15, 0.2) is 18.1 Å². The second-order valence-electron chi connectivity index (χ2n) is 7.86. The first-order valence-electron chi connectivity index (χ1n) is 11.3. The number of hydrogen-bond donors (Lipinski definition) is 1. The van der Waals surface area contributed by atoms with Crippen LogP contribution in [-0.4, -0.2) is 35.2 Å². The molecule has 1 saturated heterocycles. The lowest BCUT2D eigenvalue weighted by Gasteiger charge is -2.15. The maximum Gasteiger partial charge on any atom is 0.293 e. The van der Waals surface area contributed by atoms with Crippen LogP contribution in [0.25, 0.3) is 6.08 Å². The van der Waals surface area contributed by atoms with Gasteiger partial charge in [0.05, 0.1) is 21.6 Å². The van der Waals surface area contributed by atoms with Gasteiger partial charge < -0.3 is 14.8 Å². The average molecular weight is 649 g/mol. The Hall–Kier alpha value is -3.02. The number of halogens is 2. The molecule has 1 aliphatic heterocycles. The molecule has 4 rings (SSSR count). The fraction of sp³-hybridized carbons (Fsp3) is 0.148. The Bertz CT molecular complexity index is 1370. The zero-order valence-electron chi connectivity index (χ0n) is 19.7. The van der Waals surface area contributed by atoms with E-state index in [-0.39, 0.29) is 30.2 Å². The average Bonchev–Trinajstić information content (AvgIpc) is 3.11. The van der Waals surface area contributed by atoms with Gasteiger partial charge in [-0.2, -0.15) is 0 Å². The molecule has 0 saturated carbocycles. The van der Waals surface area contributed by atoms with Gasteiger partial charge in [-0.15, -0.1) is 0 Å². The summed E-state index contributed by atoms with van der Waals surface area (Å²) in [7, 11) is 0. The number of carbonyl (C=O) groups is 3. The topological polar surface area (TPSA) is 84.9 Å². The number of benzene rings is 3. The SMILES string of the molecule is CCOc1cc(/C=C2\SC(=O)N(Cc3cccc(Cl)c3)C2=O)cc(I)c1OCC(=O)Nc1ccccc1. The standard InChI is InChI=1S/C27H22ClIN2O5S/c1-2-35-22-13-18(12-21(29)25(22)36-16-24(32)30-20-9-4-3-5-10-20)14-23-26(33)31(27(34)37-23)15-17-7-6-8-19(28)11-17/h3-14H,2,15-16H2,1H3,(H,30,32)/b23-14-. The van der Waals surface area contributed by atoms with Crippen LogP contribution >= 0.6 is 46.0 Å². The van der Waals surface area contributed by atoms with E-state index in [9.17, 15) is 14.4 Å². The highest BCUT2D eigenvalue weighted by atomic mass is 127. The van der Waals surface area contributed by atoms with E-state index in [1.54, 1.807) is 48.5 Å². The van der Waals surface area contributed by atoms with Crippen LogP contribution in [-0.2, 0) is 16.1 Å². The Labute approximate surface area is 237 Å². The number of amides is 3. The molecule has 0 bridgehead atoms. The summed E-state index contributed by atoms with van der Waals surface area (Å²) < 4.78 is 12.3. The molecule has 3 amide bonds. The molecule has 0 atom stereocenters. The van der Waals surface area contributed by atoms with Crippen LogP contribution in [0.4, 0.5) is 10.5 Å². The molecule has 1 heterocycles. The van der Waals surface area contributed by atoms with E-state index >= 15 is 0 Å². The predicted molar refractivity (Wildman–Crippen MR) is 154 cm³/mol. The lowest BCUT2D eigenvalue weighted by Crippen LogP contribution is -2.27. The molecule has 1 fully saturated rings. The third-order valence-corrected chi connectivity index (χ3v) is 7.08. The van der Waals surface area contributed by atoms with Crippen LogP contribution in [0.15, 0.2) is 71.6 Å². The van der Waals surface area contributed by atoms with E-state index < -0.39 is 0 Å². The summed E-state index contributed by atoms with van der Waals surface area (Å²) >= 11 is 9.01. The number of carbonyl (C=O) groups excluding carboxylic acids is 3. The van der Waals surface area contributed by atoms with Crippen LogP contribution in [0.5, 0.6) is 11.5 Å². The molecule has 0 radical (unpaired) electrons. The van der Waals surface area contributed by atoms with Gasteiger partial charge in [0, 0.05) is 10.7 Å². The van der Waals surface area contributed by atoms with E-state index in [1.165, 1.54) is 4.90 Å². The molecule has 0 spiro atoms. The first-order chi connectivity index (χ1) is 17.8. The first-order valence-corrected chi connectivity index (χ1v) is 13.5. The molecular weight excluding hydrogens is 627 g/mol. The van der Waals surface area contributed by atoms with Gasteiger partial charge in [-0.25, -0.2) is 0 Å². The monoisotopic (exact) mass is 648 g/mol. The second kappa shape index (κ2) is 12.5. The Morgan fingerprint density at radius 3 is 2.59 bits per heavy atom. The van der Waals surface area contributed by atoms with Crippen LogP contribution in [0, 0.1) is 3.57 Å². The van der Waals surface area contributed by atoms with E-state index in [1.807, 2.05) is 31.2 Å². The number of rotatable bonds is 9. The van der Waals surface area contributed by atoms with Gasteiger partial charge in [-0.1, -0.05) is 41.9 Å². The summed E-state index contributed by atoms with van der Waals surface area (Å²) in [5.74, 6) is 0.186. The van der Waals surface area contributed by atoms with E-state index in [0.29, 0.717) is 42.9 Å². The lowest BCUT2D eigenvalue weighted by molar-refractivity contribution is -0.123. The van der Waals surface area contributed by atoms with Crippen molar-refractivity contribution in [2.45, 2.75) is 13.5 Å². The van der Waals surface area contributed by atoms with Crippen LogP contribution < -0.4 is 14.8 Å². The Balaban J connectivity index is 1.49. The van der Waals surface area contributed by atoms with Gasteiger partial charge in [0.1, 0.15) is 0 Å². The van der Waals surface area contributed by atoms with Gasteiger partial charge in [-0.3, -0.25) is 19.3 Å². The minimum Gasteiger partial charge on any atom is -0.490 e. The molecule has 0 unspecified atom stereocenters. The molecule has 10 heteroatoms. The van der Waals surface area contributed by atoms with Gasteiger partial charge >= 0.3 is 0 Å². The molecule has 7 nitrogen and oxygen atoms in total. The number of anilines is 1. The van der Waals surface area contributed by atoms with Crippen molar-refractivity contribution in [3.05, 3.63) is 91.4 Å². The maximum absolute atomic E-state index is 13.0. The van der Waals surface area contributed by atoms with Crippen molar-refractivity contribution in [1.29, 1.82) is 0 Å². The van der Waals surface area contributed by atoms with Crippen molar-refractivity contribution in [2.75, 3.05) is 18.5 Å². The van der Waals surface area contributed by atoms with Crippen molar-refractivity contribution >= 4 is 74.8 Å². The first kappa shape index (κ1) is 27.0. The highest BCUT2D eigenvalue weighted by Crippen LogP contribution is 2.38. The fourth-order valence-electron chi connectivity index (χ4n) is 3.54. The van der Waals surface area contributed by atoms with Crippen LogP contribution in [0.1, 0.15) is 18.1 Å². The van der Waals surface area contributed by atoms with Crippen LogP contribution in [0.3, 0.4) is 0 Å². The molecular formula is C27H22ClIN2O5S. The molecule has 37 heavy (non-hydrogen) atoms. The number of para-hydroxylation sites is 1. The lowest BCUT2D eigenvalue weighted by atomic mass is 10.1. The number of ether oxygens (including phenoxy) is 2. The Morgan fingerprint density at radius 2 is 1.86 bits per heavy atom. The molecule has 1 N–H and O–H groups in total. The Kier molecular flexibility index (Phi) is 9.12. The van der Waals surface area contributed by atoms with Gasteiger partial charge in [0.2, 0.25) is 0 Å². The third-order valence-electron chi connectivity index (χ3n) is 5.14. The number of hydrogen-bond acceptors (Lipinski definition) is 6. The summed E-state index contributed by atoms with van der Waals surface area (Å²) in [4.78, 5) is 39.4. The number of nitrogens with one attached hydrogen (secondary N) is 1. The zero-order chi connectivity index (χ0) is 26.4. The molecule has 0 aliphatic carbocycles. The molecule has 1 aliphatic rings. The highest BCUT2D eigenvalue weighted by Gasteiger charge is 2.35. The van der Waals surface area contributed by atoms with Crippen molar-refractivity contribution in [3.8, 4) is 11.5 Å². The summed E-state index contributed by atoms with van der Waals surface area (Å²) in [5, 5.41) is 2.97. The smallest absolute Gasteiger partial charge is 0.293 e. The summed E-state index contributed by atoms with van der Waals surface area (Å²) in [6.07, 6.45) is 1.65. The van der Waals surface area contributed by atoms with Crippen molar-refractivity contribution in [2.24, 2.45) is 0 Å². The normalized spacial score (nSPS) is 14.2. The second-order valence-corrected chi connectivity index (χ2v) is 10.5. The number of thioether (sulfide) groups is 1. The molecule has 3 aromatic rings.